The molecular weight excluding hydrogens is 316 g/mol. The summed E-state index contributed by atoms with van der Waals surface area (Å²) < 4.78 is 7.95. The van der Waals surface area contributed by atoms with Gasteiger partial charge in [0.15, 0.2) is 0 Å². The summed E-state index contributed by atoms with van der Waals surface area (Å²) in [7, 11) is 0. The van der Waals surface area contributed by atoms with E-state index in [2.05, 4.69) is 5.10 Å². The number of hydrogen-bond acceptors (Lipinski definition) is 4. The van der Waals surface area contributed by atoms with Gasteiger partial charge in [-0.25, -0.2) is 0 Å². The lowest BCUT2D eigenvalue weighted by atomic mass is 9.90. The number of nitrogens with two attached hydrogens (primary N) is 1. The third-order valence-corrected chi connectivity index (χ3v) is 5.79. The Morgan fingerprint density at radius 2 is 1.96 bits per heavy atom. The zero-order valence-electron chi connectivity index (χ0n) is 15.3. The predicted molar refractivity (Wildman–Crippen MR) is 97.0 cm³/mol. The Balaban J connectivity index is 1.42. The van der Waals surface area contributed by atoms with Crippen LogP contribution in [0.2, 0.25) is 0 Å². The van der Waals surface area contributed by atoms with Crippen molar-refractivity contribution < 1.29 is 9.53 Å². The lowest BCUT2D eigenvalue weighted by molar-refractivity contribution is -0.137. The van der Waals surface area contributed by atoms with Crippen LogP contribution < -0.4 is 5.73 Å². The van der Waals surface area contributed by atoms with Gasteiger partial charge in [-0.3, -0.25) is 9.48 Å². The third-order valence-electron chi connectivity index (χ3n) is 5.79. The minimum atomic E-state index is -0.565. The fourth-order valence-electron chi connectivity index (χ4n) is 4.00. The van der Waals surface area contributed by atoms with Gasteiger partial charge in [0.05, 0.1) is 12.1 Å². The molecule has 1 saturated heterocycles. The van der Waals surface area contributed by atoms with Crippen molar-refractivity contribution in [1.82, 2.24) is 14.7 Å². The molecule has 6 heteroatoms. The molecule has 2 heterocycles. The maximum absolute atomic E-state index is 12.7. The van der Waals surface area contributed by atoms with Gasteiger partial charge in [0.1, 0.15) is 6.04 Å². The summed E-state index contributed by atoms with van der Waals surface area (Å²) in [5.74, 6) is 0.665. The van der Waals surface area contributed by atoms with Crippen molar-refractivity contribution in [3.05, 3.63) is 18.5 Å². The maximum atomic E-state index is 12.7. The van der Waals surface area contributed by atoms with Gasteiger partial charge < -0.3 is 15.4 Å². The quantitative estimate of drug-likeness (QED) is 0.856. The lowest BCUT2D eigenvalue weighted by Gasteiger charge is -2.35. The van der Waals surface area contributed by atoms with Gasteiger partial charge >= 0.3 is 0 Å². The van der Waals surface area contributed by atoms with Crippen molar-refractivity contribution in [1.29, 1.82) is 0 Å². The van der Waals surface area contributed by atoms with Crippen molar-refractivity contribution in [2.75, 3.05) is 19.7 Å². The van der Waals surface area contributed by atoms with E-state index in [-0.39, 0.29) is 12.0 Å². The first-order chi connectivity index (χ1) is 12.1. The molecule has 2 N–H and O–H groups in total. The molecule has 1 aliphatic heterocycles. The minimum absolute atomic E-state index is 0.0232. The molecule has 6 nitrogen and oxygen atoms in total. The average Bonchev–Trinajstić information content (AvgIpc) is 3.20. The van der Waals surface area contributed by atoms with Gasteiger partial charge in [0.2, 0.25) is 5.91 Å². The fourth-order valence-corrected chi connectivity index (χ4v) is 4.00. The molecule has 1 aliphatic carbocycles. The van der Waals surface area contributed by atoms with Crippen LogP contribution in [0.25, 0.3) is 0 Å². The first kappa shape index (κ1) is 18.4. The predicted octanol–water partition coefficient (Wildman–Crippen LogP) is 2.36. The second kappa shape index (κ2) is 8.81. The lowest BCUT2D eigenvalue weighted by Crippen LogP contribution is -2.52. The van der Waals surface area contributed by atoms with Crippen LogP contribution in [0.15, 0.2) is 18.5 Å². The summed E-state index contributed by atoms with van der Waals surface area (Å²) in [6.45, 7) is 4.16. The van der Waals surface area contributed by atoms with Crippen LogP contribution in [0.3, 0.4) is 0 Å². The fraction of sp³-hybridized carbons (Fsp3) is 0.789. The van der Waals surface area contributed by atoms with E-state index in [9.17, 15) is 4.79 Å². The molecule has 2 aliphatic rings. The molecule has 0 bridgehead atoms. The van der Waals surface area contributed by atoms with Crippen LogP contribution in [0.1, 0.15) is 57.9 Å². The second-order valence-corrected chi connectivity index (χ2v) is 7.61. The largest absolute Gasteiger partial charge is 0.376 e. The highest BCUT2D eigenvalue weighted by atomic mass is 16.5. The van der Waals surface area contributed by atoms with Crippen LogP contribution in [0, 0.1) is 5.92 Å². The summed E-state index contributed by atoms with van der Waals surface area (Å²) in [4.78, 5) is 14.6. The molecule has 0 spiro atoms. The summed E-state index contributed by atoms with van der Waals surface area (Å²) in [5.41, 5.74) is 6.20. The molecule has 1 aromatic heterocycles. The van der Waals surface area contributed by atoms with Crippen LogP contribution in [-0.4, -0.2) is 52.4 Å². The van der Waals surface area contributed by atoms with E-state index in [0.29, 0.717) is 12.0 Å². The highest BCUT2D eigenvalue weighted by Crippen LogP contribution is 2.25. The number of nitrogens with zero attached hydrogens (tertiary/aromatic N) is 3. The monoisotopic (exact) mass is 348 g/mol. The molecule has 3 rings (SSSR count). The molecule has 0 aromatic carbocycles. The smallest absolute Gasteiger partial charge is 0.242 e. The zero-order valence-corrected chi connectivity index (χ0v) is 15.3. The van der Waals surface area contributed by atoms with E-state index in [1.54, 1.807) is 6.20 Å². The summed E-state index contributed by atoms with van der Waals surface area (Å²) in [5, 5.41) is 4.31. The Morgan fingerprint density at radius 3 is 2.60 bits per heavy atom. The van der Waals surface area contributed by atoms with Gasteiger partial charge in [-0.15, -0.1) is 0 Å². The van der Waals surface area contributed by atoms with E-state index in [1.165, 1.54) is 32.1 Å². The van der Waals surface area contributed by atoms with E-state index in [0.717, 1.165) is 32.5 Å². The molecule has 1 aromatic rings. The Labute approximate surface area is 150 Å². The first-order valence-electron chi connectivity index (χ1n) is 9.80. The molecule has 2 fully saturated rings. The number of aromatic nitrogens is 2. The molecular formula is C19H32N4O2. The summed E-state index contributed by atoms with van der Waals surface area (Å²) in [6, 6.07) is 1.76. The van der Waals surface area contributed by atoms with Crippen LogP contribution in [0.4, 0.5) is 0 Å². The summed E-state index contributed by atoms with van der Waals surface area (Å²) in [6.07, 6.45) is 11.9. The summed E-state index contributed by atoms with van der Waals surface area (Å²) >= 11 is 0. The normalized spacial score (nSPS) is 22.7. The SMILES string of the molecule is C[C@@H](OCC1CCCCC1)[C@H](N)C(=O)N1CCC(n2cccn2)CC1. The first-order valence-corrected chi connectivity index (χ1v) is 9.80. The van der Waals surface area contributed by atoms with Gasteiger partial charge in [0.25, 0.3) is 0 Å². The average molecular weight is 348 g/mol. The molecule has 140 valence electrons. The maximum Gasteiger partial charge on any atom is 0.242 e. The number of amides is 1. The van der Waals surface area contributed by atoms with Crippen LogP contribution >= 0.6 is 0 Å². The number of piperidine rings is 1. The number of carbonyl (C=O) groups excluding carboxylic acids is 1. The van der Waals surface area contributed by atoms with Gasteiger partial charge in [-0.1, -0.05) is 19.3 Å². The van der Waals surface area contributed by atoms with Crippen molar-refractivity contribution in [2.24, 2.45) is 11.7 Å². The number of carbonyl (C=O) groups is 1. The molecule has 1 amide bonds. The van der Waals surface area contributed by atoms with E-state index in [1.807, 2.05) is 28.8 Å². The Bertz CT molecular complexity index is 520. The van der Waals surface area contributed by atoms with Crippen molar-refractivity contribution in [3.63, 3.8) is 0 Å². The van der Waals surface area contributed by atoms with Crippen molar-refractivity contribution in [3.8, 4) is 0 Å². The van der Waals surface area contributed by atoms with Gasteiger partial charge in [-0.05, 0) is 44.6 Å². The number of rotatable bonds is 6. The molecule has 0 radical (unpaired) electrons. The molecule has 0 unspecified atom stereocenters. The standard InChI is InChI=1S/C19H32N4O2/c1-15(25-14-16-6-3-2-4-7-16)18(20)19(24)22-12-8-17(9-13-22)23-11-5-10-21-23/h5,10-11,15-18H,2-4,6-9,12-14,20H2,1H3/t15-,18+/m1/s1. The van der Waals surface area contributed by atoms with E-state index >= 15 is 0 Å². The second-order valence-electron chi connectivity index (χ2n) is 7.61. The van der Waals surface area contributed by atoms with Gasteiger partial charge in [0, 0.05) is 32.1 Å². The highest BCUT2D eigenvalue weighted by Gasteiger charge is 2.30. The number of ether oxygens (including phenoxy) is 1. The van der Waals surface area contributed by atoms with E-state index < -0.39 is 6.04 Å². The Morgan fingerprint density at radius 1 is 1.24 bits per heavy atom. The topological polar surface area (TPSA) is 73.4 Å². The van der Waals surface area contributed by atoms with Crippen LogP contribution in [-0.2, 0) is 9.53 Å². The zero-order chi connectivity index (χ0) is 17.6. The third kappa shape index (κ3) is 4.82. The molecule has 1 saturated carbocycles. The number of hydrogen-bond donors (Lipinski definition) is 1. The minimum Gasteiger partial charge on any atom is -0.376 e. The van der Waals surface area contributed by atoms with Crippen molar-refractivity contribution in [2.45, 2.75) is 70.1 Å². The molecule has 25 heavy (non-hydrogen) atoms. The highest BCUT2D eigenvalue weighted by molar-refractivity contribution is 5.82. The number of likely N-dealkylation sites (tertiary alicyclic amines) is 1. The van der Waals surface area contributed by atoms with Crippen molar-refractivity contribution >= 4 is 5.91 Å². The van der Waals surface area contributed by atoms with Crippen LogP contribution in [0.5, 0.6) is 0 Å². The Kier molecular flexibility index (Phi) is 6.48. The van der Waals surface area contributed by atoms with E-state index in [4.69, 9.17) is 10.5 Å². The Hall–Kier alpha value is -1.40. The van der Waals surface area contributed by atoms with Gasteiger partial charge in [-0.2, -0.15) is 5.10 Å². The molecule has 2 atom stereocenters.